The van der Waals surface area contributed by atoms with Gasteiger partial charge in [0.05, 0.1) is 6.04 Å². The first-order chi connectivity index (χ1) is 11.9. The fourth-order valence-corrected chi connectivity index (χ4v) is 2.75. The lowest BCUT2D eigenvalue weighted by Crippen LogP contribution is -2.44. The van der Waals surface area contributed by atoms with Crippen LogP contribution >= 0.6 is 0 Å². The van der Waals surface area contributed by atoms with Crippen LogP contribution in [0.2, 0.25) is 0 Å². The van der Waals surface area contributed by atoms with Gasteiger partial charge in [-0.05, 0) is 42.7 Å². The third kappa shape index (κ3) is 3.23. The summed E-state index contributed by atoms with van der Waals surface area (Å²) in [5, 5.41) is 18.8. The maximum absolute atomic E-state index is 13.0. The van der Waals surface area contributed by atoms with Crippen LogP contribution in [0, 0.1) is 5.82 Å². The first kappa shape index (κ1) is 16.7. The Morgan fingerprint density at radius 3 is 2.60 bits per heavy atom. The number of hydrogen-bond acceptors (Lipinski definition) is 4. The van der Waals surface area contributed by atoms with Crippen LogP contribution in [-0.2, 0) is 6.42 Å². The Balaban J connectivity index is 2.08. The molecule has 130 valence electrons. The average Bonchev–Trinajstić information content (AvgIpc) is 2.55. The highest BCUT2D eigenvalue weighted by molar-refractivity contribution is 5.92. The summed E-state index contributed by atoms with van der Waals surface area (Å²) in [5.74, 6) is -1.67. The van der Waals surface area contributed by atoms with Crippen molar-refractivity contribution in [3.05, 3.63) is 53.0 Å². The summed E-state index contributed by atoms with van der Waals surface area (Å²) in [7, 11) is 0. The summed E-state index contributed by atoms with van der Waals surface area (Å²) in [6, 6.07) is 6.65. The van der Waals surface area contributed by atoms with E-state index in [-0.39, 0.29) is 30.3 Å². The molecule has 1 aliphatic heterocycles. The van der Waals surface area contributed by atoms with Crippen molar-refractivity contribution in [1.29, 1.82) is 0 Å². The van der Waals surface area contributed by atoms with Crippen molar-refractivity contribution in [3.63, 3.8) is 0 Å². The molecule has 1 aromatic carbocycles. The standard InChI is InChI=1S/C17H15FN2O5/c1-9-8-25-15-13(20(9)17(23)24)7-11(14(19-15)16(21)22)6-10-2-4-12(18)5-3-10/h2-5,7,9H,6,8H2,1H3,(H,21,22)(H,23,24)/t9-/m0/s1. The highest BCUT2D eigenvalue weighted by Gasteiger charge is 2.32. The minimum Gasteiger partial charge on any atom is -0.476 e. The Hall–Kier alpha value is -3.16. The van der Waals surface area contributed by atoms with Gasteiger partial charge in [-0.1, -0.05) is 12.1 Å². The summed E-state index contributed by atoms with van der Waals surface area (Å²) in [6.07, 6.45) is -1.00. The molecule has 0 spiro atoms. The van der Waals surface area contributed by atoms with Gasteiger partial charge in [-0.15, -0.1) is 0 Å². The predicted octanol–water partition coefficient (Wildman–Crippen LogP) is 2.78. The van der Waals surface area contributed by atoms with Crippen molar-refractivity contribution in [3.8, 4) is 5.88 Å². The van der Waals surface area contributed by atoms with Gasteiger partial charge in [0.2, 0.25) is 5.88 Å². The van der Waals surface area contributed by atoms with Crippen LogP contribution in [0.1, 0.15) is 28.5 Å². The second-order valence-electron chi connectivity index (χ2n) is 5.74. The zero-order valence-corrected chi connectivity index (χ0v) is 13.3. The SMILES string of the molecule is C[C@H]1COc2nc(C(=O)O)c(Cc3ccc(F)cc3)cc2N1C(=O)O. The molecular formula is C17H15FN2O5. The van der Waals surface area contributed by atoms with E-state index in [2.05, 4.69) is 4.98 Å². The molecular weight excluding hydrogens is 331 g/mol. The molecule has 3 rings (SSSR count). The van der Waals surface area contributed by atoms with Crippen molar-refractivity contribution in [2.45, 2.75) is 19.4 Å². The first-order valence-electron chi connectivity index (χ1n) is 7.53. The molecule has 1 atom stereocenters. The number of nitrogens with zero attached hydrogens (tertiary/aromatic N) is 2. The number of carboxylic acid groups (broad SMARTS) is 2. The van der Waals surface area contributed by atoms with Crippen LogP contribution in [0.4, 0.5) is 14.9 Å². The molecule has 1 aliphatic rings. The van der Waals surface area contributed by atoms with E-state index in [0.717, 1.165) is 4.90 Å². The molecule has 8 heteroatoms. The van der Waals surface area contributed by atoms with Gasteiger partial charge in [-0.25, -0.2) is 19.0 Å². The number of pyridine rings is 1. The third-order valence-electron chi connectivity index (χ3n) is 3.93. The Bertz CT molecular complexity index is 838. The summed E-state index contributed by atoms with van der Waals surface area (Å²) in [6.45, 7) is 1.77. The first-order valence-corrected chi connectivity index (χ1v) is 7.53. The lowest BCUT2D eigenvalue weighted by Gasteiger charge is -2.32. The molecule has 0 bridgehead atoms. The molecule has 2 N–H and O–H groups in total. The monoisotopic (exact) mass is 346 g/mol. The van der Waals surface area contributed by atoms with E-state index in [1.54, 1.807) is 6.92 Å². The van der Waals surface area contributed by atoms with Crippen LogP contribution in [-0.4, -0.2) is 39.9 Å². The lowest BCUT2D eigenvalue weighted by molar-refractivity contribution is 0.0688. The highest BCUT2D eigenvalue weighted by Crippen LogP contribution is 2.34. The van der Waals surface area contributed by atoms with Gasteiger partial charge < -0.3 is 14.9 Å². The van der Waals surface area contributed by atoms with Gasteiger partial charge in [0.1, 0.15) is 18.1 Å². The van der Waals surface area contributed by atoms with Gasteiger partial charge in [-0.3, -0.25) is 4.90 Å². The fraction of sp³-hybridized carbons (Fsp3) is 0.235. The van der Waals surface area contributed by atoms with E-state index in [9.17, 15) is 24.2 Å². The zero-order valence-electron chi connectivity index (χ0n) is 13.3. The van der Waals surface area contributed by atoms with Gasteiger partial charge in [0, 0.05) is 0 Å². The molecule has 1 amide bonds. The predicted molar refractivity (Wildman–Crippen MR) is 85.9 cm³/mol. The Morgan fingerprint density at radius 2 is 2.00 bits per heavy atom. The van der Waals surface area contributed by atoms with Crippen molar-refractivity contribution < 1.29 is 28.9 Å². The van der Waals surface area contributed by atoms with Crippen LogP contribution in [0.5, 0.6) is 5.88 Å². The summed E-state index contributed by atoms with van der Waals surface area (Å²) >= 11 is 0. The second-order valence-corrected chi connectivity index (χ2v) is 5.74. The van der Waals surface area contributed by atoms with E-state index in [1.807, 2.05) is 0 Å². The quantitative estimate of drug-likeness (QED) is 0.886. The van der Waals surface area contributed by atoms with Gasteiger partial charge in [0.25, 0.3) is 0 Å². The van der Waals surface area contributed by atoms with Crippen LogP contribution < -0.4 is 9.64 Å². The average molecular weight is 346 g/mol. The number of ether oxygens (including phenoxy) is 1. The molecule has 0 unspecified atom stereocenters. The topological polar surface area (TPSA) is 100.0 Å². The number of carboxylic acids is 1. The number of hydrogen-bond donors (Lipinski definition) is 2. The number of anilines is 1. The minimum absolute atomic E-state index is 0.0271. The molecule has 7 nitrogen and oxygen atoms in total. The lowest BCUT2D eigenvalue weighted by atomic mass is 10.0. The summed E-state index contributed by atoms with van der Waals surface area (Å²) in [5.41, 5.74) is 0.982. The summed E-state index contributed by atoms with van der Waals surface area (Å²) in [4.78, 5) is 28.2. The Morgan fingerprint density at radius 1 is 1.32 bits per heavy atom. The number of rotatable bonds is 3. The van der Waals surface area contributed by atoms with Gasteiger partial charge in [0.15, 0.2) is 5.69 Å². The molecule has 0 radical (unpaired) electrons. The van der Waals surface area contributed by atoms with E-state index >= 15 is 0 Å². The van der Waals surface area contributed by atoms with Gasteiger partial charge in [-0.2, -0.15) is 0 Å². The Kier molecular flexibility index (Phi) is 4.26. The molecule has 2 heterocycles. The molecule has 0 saturated carbocycles. The molecule has 0 saturated heterocycles. The maximum atomic E-state index is 13.0. The Labute approximate surface area is 142 Å². The second kappa shape index (κ2) is 6.39. The van der Waals surface area contributed by atoms with E-state index < -0.39 is 23.9 Å². The molecule has 25 heavy (non-hydrogen) atoms. The molecule has 1 aromatic heterocycles. The molecule has 0 fully saturated rings. The van der Waals surface area contributed by atoms with E-state index in [4.69, 9.17) is 4.74 Å². The van der Waals surface area contributed by atoms with Crippen LogP contribution in [0.3, 0.4) is 0 Å². The van der Waals surface area contributed by atoms with Crippen LogP contribution in [0.25, 0.3) is 0 Å². The minimum atomic E-state index is -1.25. The van der Waals surface area contributed by atoms with Gasteiger partial charge >= 0.3 is 12.1 Å². The number of halogens is 1. The highest BCUT2D eigenvalue weighted by atomic mass is 19.1. The third-order valence-corrected chi connectivity index (χ3v) is 3.93. The van der Waals surface area contributed by atoms with Crippen molar-refractivity contribution in [2.24, 2.45) is 0 Å². The summed E-state index contributed by atoms with van der Waals surface area (Å²) < 4.78 is 18.4. The number of amides is 1. The normalized spacial score (nSPS) is 16.1. The number of fused-ring (bicyclic) bond motifs is 1. The van der Waals surface area contributed by atoms with E-state index in [0.29, 0.717) is 11.1 Å². The smallest absolute Gasteiger partial charge is 0.412 e. The van der Waals surface area contributed by atoms with Crippen molar-refractivity contribution in [1.82, 2.24) is 4.98 Å². The molecule has 0 aliphatic carbocycles. The zero-order chi connectivity index (χ0) is 18.1. The van der Waals surface area contributed by atoms with Crippen LogP contribution in [0.15, 0.2) is 30.3 Å². The number of aromatic nitrogens is 1. The number of benzene rings is 1. The maximum Gasteiger partial charge on any atom is 0.412 e. The fourth-order valence-electron chi connectivity index (χ4n) is 2.75. The molecule has 2 aromatic rings. The number of carbonyl (C=O) groups is 2. The number of aromatic carboxylic acids is 1. The van der Waals surface area contributed by atoms with Crippen molar-refractivity contribution in [2.75, 3.05) is 11.5 Å². The largest absolute Gasteiger partial charge is 0.476 e. The van der Waals surface area contributed by atoms with Crippen molar-refractivity contribution >= 4 is 17.7 Å². The van der Waals surface area contributed by atoms with E-state index in [1.165, 1.54) is 30.3 Å².